The minimum atomic E-state index is -0.758. The van der Waals surface area contributed by atoms with Gasteiger partial charge < -0.3 is 29.4 Å². The maximum atomic E-state index is 13.2. The van der Waals surface area contributed by atoms with Crippen LogP contribution < -0.4 is 25.5 Å². The lowest BCUT2D eigenvalue weighted by atomic mass is 9.97. The smallest absolute Gasteiger partial charge is 0.257 e. The zero-order valence-electron chi connectivity index (χ0n) is 19.3. The quantitative estimate of drug-likeness (QED) is 0.629. The summed E-state index contributed by atoms with van der Waals surface area (Å²) in [5.74, 6) is 0.0977. The van der Waals surface area contributed by atoms with Crippen molar-refractivity contribution in [2.45, 2.75) is 58.7 Å². The summed E-state index contributed by atoms with van der Waals surface area (Å²) < 4.78 is 18.2. The highest BCUT2D eigenvalue weighted by Gasteiger charge is 2.29. The summed E-state index contributed by atoms with van der Waals surface area (Å²) in [4.78, 5) is 39.4. The third kappa shape index (κ3) is 4.68. The number of fused-ring (bicyclic) bond motifs is 2. The lowest BCUT2D eigenvalue weighted by molar-refractivity contribution is -0.124. The van der Waals surface area contributed by atoms with Crippen molar-refractivity contribution in [2.24, 2.45) is 5.92 Å². The van der Waals surface area contributed by atoms with Crippen molar-refractivity contribution in [1.82, 2.24) is 15.2 Å². The molecule has 2 N–H and O–H groups in total. The van der Waals surface area contributed by atoms with Crippen molar-refractivity contribution in [3.05, 3.63) is 34.1 Å². The number of nitrogens with one attached hydrogen (secondary N) is 2. The molecule has 0 bridgehead atoms. The largest absolute Gasteiger partial charge is 0.454 e. The Balaban J connectivity index is 1.60. The molecule has 1 saturated heterocycles. The average molecular weight is 458 g/mol. The average Bonchev–Trinajstić information content (AvgIpc) is 3.51. The van der Waals surface area contributed by atoms with E-state index in [1.54, 1.807) is 18.3 Å². The maximum absolute atomic E-state index is 13.2. The number of hydrogen-bond acceptors (Lipinski definition) is 6. The molecule has 0 radical (unpaired) electrons. The zero-order valence-corrected chi connectivity index (χ0v) is 19.3. The Bertz CT molecular complexity index is 1110. The number of hydrogen-bond donors (Lipinski definition) is 2. The number of pyridine rings is 1. The Morgan fingerprint density at radius 3 is 2.64 bits per heavy atom. The summed E-state index contributed by atoms with van der Waals surface area (Å²) >= 11 is 0. The second-order valence-electron chi connectivity index (χ2n) is 8.60. The van der Waals surface area contributed by atoms with Crippen molar-refractivity contribution < 1.29 is 23.8 Å². The standard InChI is InChI=1S/C24H31N3O6/c1-4-14(3)21(24(30)25-11-15-7-6-8-31-15)26-23(29)17-12-27(5-2)18-10-20-19(32-13-33-20)9-16(18)22(17)28/h9-10,12,14-15,21H,4-8,11,13H2,1-3H3,(H,25,30)(H,26,29)/t14-,15-,21-/m0/s1. The second-order valence-corrected chi connectivity index (χ2v) is 8.60. The number of aromatic nitrogens is 1. The van der Waals surface area contributed by atoms with E-state index in [0.717, 1.165) is 12.8 Å². The summed E-state index contributed by atoms with van der Waals surface area (Å²) in [6.07, 6.45) is 4.14. The number of benzene rings is 1. The third-order valence-corrected chi connectivity index (χ3v) is 6.47. The summed E-state index contributed by atoms with van der Waals surface area (Å²) in [7, 11) is 0. The van der Waals surface area contributed by atoms with Crippen LogP contribution >= 0.6 is 0 Å². The van der Waals surface area contributed by atoms with Crippen LogP contribution in [0.25, 0.3) is 10.9 Å². The van der Waals surface area contributed by atoms with Crippen LogP contribution in [0.4, 0.5) is 0 Å². The van der Waals surface area contributed by atoms with Crippen molar-refractivity contribution in [2.75, 3.05) is 19.9 Å². The van der Waals surface area contributed by atoms with Gasteiger partial charge in [0.2, 0.25) is 18.1 Å². The molecule has 3 heterocycles. The van der Waals surface area contributed by atoms with Crippen molar-refractivity contribution in [3.63, 3.8) is 0 Å². The number of amides is 2. The molecule has 178 valence electrons. The fourth-order valence-corrected chi connectivity index (χ4v) is 4.25. The Morgan fingerprint density at radius 2 is 1.97 bits per heavy atom. The van der Waals surface area contributed by atoms with Crippen molar-refractivity contribution in [1.29, 1.82) is 0 Å². The van der Waals surface area contributed by atoms with Crippen LogP contribution in [0.1, 0.15) is 50.4 Å². The molecule has 2 aliphatic rings. The summed E-state index contributed by atoms with van der Waals surface area (Å²) in [5.41, 5.74) is 0.243. The molecule has 2 aromatic rings. The Morgan fingerprint density at radius 1 is 1.21 bits per heavy atom. The molecule has 0 spiro atoms. The molecule has 4 rings (SSSR count). The first-order valence-electron chi connectivity index (χ1n) is 11.6. The molecule has 1 fully saturated rings. The van der Waals surface area contributed by atoms with Gasteiger partial charge in [0, 0.05) is 32.0 Å². The van der Waals surface area contributed by atoms with Gasteiger partial charge >= 0.3 is 0 Å². The van der Waals surface area contributed by atoms with Gasteiger partial charge in [0.1, 0.15) is 11.6 Å². The first kappa shape index (κ1) is 23.1. The Hall–Kier alpha value is -3.07. The lowest BCUT2D eigenvalue weighted by Gasteiger charge is -2.24. The van der Waals surface area contributed by atoms with E-state index < -0.39 is 17.4 Å². The summed E-state index contributed by atoms with van der Waals surface area (Å²) in [6.45, 7) is 7.55. The van der Waals surface area contributed by atoms with Gasteiger partial charge in [-0.1, -0.05) is 20.3 Å². The molecular formula is C24H31N3O6. The first-order chi connectivity index (χ1) is 15.9. The minimum Gasteiger partial charge on any atom is -0.454 e. The highest BCUT2D eigenvalue weighted by atomic mass is 16.7. The predicted molar refractivity (Wildman–Crippen MR) is 123 cm³/mol. The van der Waals surface area contributed by atoms with Crippen LogP contribution in [-0.2, 0) is 16.1 Å². The van der Waals surface area contributed by atoms with Gasteiger partial charge in [0.05, 0.1) is 17.0 Å². The topological polar surface area (TPSA) is 108 Å². The molecule has 1 aromatic heterocycles. The monoisotopic (exact) mass is 457 g/mol. The number of carbonyl (C=O) groups excluding carboxylic acids is 2. The van der Waals surface area contributed by atoms with Crippen molar-refractivity contribution >= 4 is 22.7 Å². The van der Waals surface area contributed by atoms with Gasteiger partial charge in [-0.15, -0.1) is 0 Å². The van der Waals surface area contributed by atoms with Gasteiger partial charge in [0.15, 0.2) is 11.5 Å². The Kier molecular flexibility index (Phi) is 6.88. The second kappa shape index (κ2) is 9.82. The summed E-state index contributed by atoms with van der Waals surface area (Å²) in [6, 6.07) is 2.61. The summed E-state index contributed by atoms with van der Waals surface area (Å²) in [5, 5.41) is 6.08. The zero-order chi connectivity index (χ0) is 23.5. The van der Waals surface area contributed by atoms with Gasteiger partial charge in [-0.05, 0) is 31.7 Å². The van der Waals surface area contributed by atoms with E-state index in [1.165, 1.54) is 0 Å². The van der Waals surface area contributed by atoms with Gasteiger partial charge in [-0.25, -0.2) is 0 Å². The third-order valence-electron chi connectivity index (χ3n) is 6.47. The minimum absolute atomic E-state index is 0.00686. The maximum Gasteiger partial charge on any atom is 0.257 e. The van der Waals surface area contributed by atoms with E-state index in [9.17, 15) is 14.4 Å². The molecule has 0 unspecified atom stereocenters. The number of rotatable bonds is 8. The van der Waals surface area contributed by atoms with E-state index in [4.69, 9.17) is 14.2 Å². The van der Waals surface area contributed by atoms with Crippen LogP contribution in [0.5, 0.6) is 11.5 Å². The molecule has 0 aliphatic carbocycles. The molecule has 33 heavy (non-hydrogen) atoms. The van der Waals surface area contributed by atoms with Crippen molar-refractivity contribution in [3.8, 4) is 11.5 Å². The molecule has 1 aromatic carbocycles. The number of ether oxygens (including phenoxy) is 3. The fourth-order valence-electron chi connectivity index (χ4n) is 4.25. The van der Waals surface area contributed by atoms with Crippen LogP contribution in [0, 0.1) is 5.92 Å². The molecule has 2 amide bonds. The van der Waals surface area contributed by atoms with Crippen LogP contribution in [0.15, 0.2) is 23.1 Å². The molecular weight excluding hydrogens is 426 g/mol. The number of nitrogens with zero attached hydrogens (tertiary/aromatic N) is 1. The van der Waals surface area contributed by atoms with E-state index in [0.29, 0.717) is 48.5 Å². The highest BCUT2D eigenvalue weighted by molar-refractivity contribution is 6.00. The van der Waals surface area contributed by atoms with Gasteiger partial charge in [0.25, 0.3) is 5.91 Å². The molecule has 3 atom stereocenters. The van der Waals surface area contributed by atoms with Crippen LogP contribution in [0.2, 0.25) is 0 Å². The van der Waals surface area contributed by atoms with Gasteiger partial charge in [-0.2, -0.15) is 0 Å². The van der Waals surface area contributed by atoms with E-state index in [2.05, 4.69) is 10.6 Å². The van der Waals surface area contributed by atoms with Gasteiger partial charge in [-0.3, -0.25) is 14.4 Å². The lowest BCUT2D eigenvalue weighted by Crippen LogP contribution is -2.52. The first-order valence-corrected chi connectivity index (χ1v) is 11.6. The van der Waals surface area contributed by atoms with Crippen LogP contribution in [0.3, 0.4) is 0 Å². The normalized spacial score (nSPS) is 18.8. The molecule has 0 saturated carbocycles. The number of carbonyl (C=O) groups is 2. The highest BCUT2D eigenvalue weighted by Crippen LogP contribution is 2.35. The van der Waals surface area contributed by atoms with E-state index >= 15 is 0 Å². The van der Waals surface area contributed by atoms with E-state index in [1.807, 2.05) is 25.3 Å². The van der Waals surface area contributed by atoms with Crippen LogP contribution in [-0.4, -0.2) is 48.5 Å². The van der Waals surface area contributed by atoms with E-state index in [-0.39, 0.29) is 30.3 Å². The fraction of sp³-hybridized carbons (Fsp3) is 0.542. The number of aryl methyl sites for hydroxylation is 1. The predicted octanol–water partition coefficient (Wildman–Crippen LogP) is 2.19. The molecule has 9 nitrogen and oxygen atoms in total. The molecule has 9 heteroatoms. The SMILES string of the molecule is CC[C@H](C)[C@H](NC(=O)c1cn(CC)c2cc3c(cc2c1=O)OCO3)C(=O)NC[C@@H]1CCCO1. The Labute approximate surface area is 192 Å². The molecule has 2 aliphatic heterocycles.